The molecule has 0 radical (unpaired) electrons. The molecular weight excluding hydrogens is 218 g/mol. The Kier molecular flexibility index (Phi) is 3.54. The van der Waals surface area contributed by atoms with Gasteiger partial charge in [0.25, 0.3) is 0 Å². The van der Waals surface area contributed by atoms with Gasteiger partial charge in [-0.05, 0) is 41.6 Å². The Morgan fingerprint density at radius 1 is 1.38 bits per heavy atom. The van der Waals surface area contributed by atoms with Gasteiger partial charge in [-0.1, -0.05) is 0 Å². The number of hydrogen-bond donors (Lipinski definition) is 1. The Bertz CT molecular complexity index is 439. The van der Waals surface area contributed by atoms with Crippen LogP contribution >= 0.6 is 11.3 Å². The van der Waals surface area contributed by atoms with E-state index in [1.54, 1.807) is 17.5 Å². The van der Waals surface area contributed by atoms with E-state index in [1.165, 1.54) is 5.56 Å². The largest absolute Gasteiger partial charge is 0.399 e. The zero-order chi connectivity index (χ0) is 11.4. The van der Waals surface area contributed by atoms with Crippen molar-refractivity contribution in [2.45, 2.75) is 13.1 Å². The Morgan fingerprint density at radius 2 is 2.25 bits per heavy atom. The second kappa shape index (κ2) is 5.09. The molecule has 0 bridgehead atoms. The van der Waals surface area contributed by atoms with Crippen LogP contribution in [0.15, 0.2) is 35.2 Å². The molecule has 84 valence electrons. The second-order valence-corrected chi connectivity index (χ2v) is 4.66. The smallest absolute Gasteiger partial charge is 0.0564 e. The summed E-state index contributed by atoms with van der Waals surface area (Å²) in [6, 6.07) is 5.88. The predicted octanol–water partition coefficient (Wildman–Crippen LogP) is 2.36. The lowest BCUT2D eigenvalue weighted by atomic mass is 10.3. The predicted molar refractivity (Wildman–Crippen MR) is 68.1 cm³/mol. The monoisotopic (exact) mass is 233 g/mol. The van der Waals surface area contributed by atoms with Crippen molar-refractivity contribution in [3.05, 3.63) is 46.4 Å². The van der Waals surface area contributed by atoms with E-state index in [-0.39, 0.29) is 0 Å². The fourth-order valence-corrected chi connectivity index (χ4v) is 2.27. The first kappa shape index (κ1) is 11.1. The van der Waals surface area contributed by atoms with Crippen molar-refractivity contribution in [2.24, 2.45) is 0 Å². The summed E-state index contributed by atoms with van der Waals surface area (Å²) in [5.41, 5.74) is 8.84. The number of hydrogen-bond acceptors (Lipinski definition) is 4. The van der Waals surface area contributed by atoms with Gasteiger partial charge in [-0.3, -0.25) is 9.88 Å². The molecule has 0 saturated carbocycles. The highest BCUT2D eigenvalue weighted by atomic mass is 32.1. The Hall–Kier alpha value is -1.39. The fraction of sp³-hybridized carbons (Fsp3) is 0.250. The van der Waals surface area contributed by atoms with Crippen LogP contribution in [-0.4, -0.2) is 16.9 Å². The highest BCUT2D eigenvalue weighted by Gasteiger charge is 2.03. The molecule has 0 atom stereocenters. The molecule has 0 amide bonds. The SMILES string of the molecule is CN(Cc1ccsc1)Cc1cc(N)ccn1. The normalized spacial score (nSPS) is 10.9. The number of aromatic nitrogens is 1. The zero-order valence-corrected chi connectivity index (χ0v) is 10.1. The quantitative estimate of drug-likeness (QED) is 0.881. The van der Waals surface area contributed by atoms with Crippen LogP contribution in [0.3, 0.4) is 0 Å². The Morgan fingerprint density at radius 3 is 2.94 bits per heavy atom. The Balaban J connectivity index is 1.94. The molecule has 0 fully saturated rings. The molecule has 4 heteroatoms. The van der Waals surface area contributed by atoms with Crippen molar-refractivity contribution in [3.8, 4) is 0 Å². The van der Waals surface area contributed by atoms with Crippen LogP contribution < -0.4 is 5.73 Å². The van der Waals surface area contributed by atoms with Crippen LogP contribution in [0.4, 0.5) is 5.69 Å². The van der Waals surface area contributed by atoms with Crippen LogP contribution in [0.5, 0.6) is 0 Å². The van der Waals surface area contributed by atoms with E-state index in [0.717, 1.165) is 24.5 Å². The molecule has 2 aromatic rings. The minimum Gasteiger partial charge on any atom is -0.399 e. The van der Waals surface area contributed by atoms with Crippen molar-refractivity contribution in [3.63, 3.8) is 0 Å². The third-order valence-corrected chi connectivity index (χ3v) is 3.04. The molecule has 2 aromatic heterocycles. The van der Waals surface area contributed by atoms with Crippen molar-refractivity contribution in [1.29, 1.82) is 0 Å². The van der Waals surface area contributed by atoms with E-state index in [0.29, 0.717) is 0 Å². The molecule has 0 aliphatic carbocycles. The number of nitrogens with two attached hydrogens (primary N) is 1. The lowest BCUT2D eigenvalue weighted by Gasteiger charge is -2.15. The highest BCUT2D eigenvalue weighted by molar-refractivity contribution is 7.07. The van der Waals surface area contributed by atoms with Crippen LogP contribution in [0, 0.1) is 0 Å². The highest BCUT2D eigenvalue weighted by Crippen LogP contribution is 2.11. The lowest BCUT2D eigenvalue weighted by molar-refractivity contribution is 0.315. The first-order valence-electron chi connectivity index (χ1n) is 5.14. The number of thiophene rings is 1. The number of anilines is 1. The molecule has 2 heterocycles. The van der Waals surface area contributed by atoms with Crippen molar-refractivity contribution in [2.75, 3.05) is 12.8 Å². The maximum Gasteiger partial charge on any atom is 0.0564 e. The van der Waals surface area contributed by atoms with E-state index in [9.17, 15) is 0 Å². The van der Waals surface area contributed by atoms with Gasteiger partial charge in [0.2, 0.25) is 0 Å². The first-order chi connectivity index (χ1) is 7.74. The number of nitrogen functional groups attached to an aromatic ring is 1. The number of nitrogens with zero attached hydrogens (tertiary/aromatic N) is 2. The van der Waals surface area contributed by atoms with Crippen molar-refractivity contribution >= 4 is 17.0 Å². The minimum atomic E-state index is 0.772. The van der Waals surface area contributed by atoms with Gasteiger partial charge in [-0.25, -0.2) is 0 Å². The third kappa shape index (κ3) is 3.05. The maximum atomic E-state index is 5.71. The molecule has 0 spiro atoms. The summed E-state index contributed by atoms with van der Waals surface area (Å²) in [6.07, 6.45) is 1.75. The molecule has 3 nitrogen and oxygen atoms in total. The molecule has 0 saturated heterocycles. The summed E-state index contributed by atoms with van der Waals surface area (Å²) in [7, 11) is 2.09. The molecular formula is C12H15N3S. The molecule has 0 aliphatic heterocycles. The molecule has 0 aliphatic rings. The topological polar surface area (TPSA) is 42.1 Å². The molecule has 0 unspecified atom stereocenters. The van der Waals surface area contributed by atoms with Gasteiger partial charge in [-0.2, -0.15) is 11.3 Å². The van der Waals surface area contributed by atoms with Crippen LogP contribution in [0.1, 0.15) is 11.3 Å². The maximum absolute atomic E-state index is 5.71. The van der Waals surface area contributed by atoms with Crippen LogP contribution in [0.2, 0.25) is 0 Å². The van der Waals surface area contributed by atoms with Gasteiger partial charge in [-0.15, -0.1) is 0 Å². The number of pyridine rings is 1. The van der Waals surface area contributed by atoms with Gasteiger partial charge < -0.3 is 5.73 Å². The average Bonchev–Trinajstić information content (AvgIpc) is 2.70. The summed E-state index contributed by atoms with van der Waals surface area (Å²) >= 11 is 1.73. The van der Waals surface area contributed by atoms with Crippen LogP contribution in [0.25, 0.3) is 0 Å². The van der Waals surface area contributed by atoms with E-state index in [1.807, 2.05) is 12.1 Å². The van der Waals surface area contributed by atoms with Gasteiger partial charge in [0, 0.05) is 25.0 Å². The van der Waals surface area contributed by atoms with Crippen LogP contribution in [-0.2, 0) is 13.1 Å². The van der Waals surface area contributed by atoms with Crippen molar-refractivity contribution < 1.29 is 0 Å². The first-order valence-corrected chi connectivity index (χ1v) is 6.08. The summed E-state index contributed by atoms with van der Waals surface area (Å²) in [6.45, 7) is 1.76. The minimum absolute atomic E-state index is 0.772. The molecule has 0 aromatic carbocycles. The van der Waals surface area contributed by atoms with E-state index in [2.05, 4.69) is 33.8 Å². The lowest BCUT2D eigenvalue weighted by Crippen LogP contribution is -2.17. The van der Waals surface area contributed by atoms with Crippen molar-refractivity contribution in [1.82, 2.24) is 9.88 Å². The van der Waals surface area contributed by atoms with Gasteiger partial charge in [0.1, 0.15) is 0 Å². The van der Waals surface area contributed by atoms with Gasteiger partial charge >= 0.3 is 0 Å². The summed E-state index contributed by atoms with van der Waals surface area (Å²) in [5, 5.41) is 4.27. The standard InChI is InChI=1S/C12H15N3S/c1-15(7-10-3-5-16-9-10)8-12-6-11(13)2-4-14-12/h2-6,9H,7-8H2,1H3,(H2,13,14). The second-order valence-electron chi connectivity index (χ2n) is 3.88. The van der Waals surface area contributed by atoms with E-state index >= 15 is 0 Å². The summed E-state index contributed by atoms with van der Waals surface area (Å²) in [4.78, 5) is 6.52. The molecule has 2 N–H and O–H groups in total. The zero-order valence-electron chi connectivity index (χ0n) is 9.26. The summed E-state index contributed by atoms with van der Waals surface area (Å²) < 4.78 is 0. The number of rotatable bonds is 4. The molecule has 2 rings (SSSR count). The Labute approximate surface area is 99.5 Å². The molecule has 16 heavy (non-hydrogen) atoms. The van der Waals surface area contributed by atoms with E-state index < -0.39 is 0 Å². The average molecular weight is 233 g/mol. The van der Waals surface area contributed by atoms with Gasteiger partial charge in [0.15, 0.2) is 0 Å². The summed E-state index contributed by atoms with van der Waals surface area (Å²) in [5.74, 6) is 0. The van der Waals surface area contributed by atoms with E-state index in [4.69, 9.17) is 5.73 Å². The third-order valence-electron chi connectivity index (χ3n) is 2.31. The fourth-order valence-electron chi connectivity index (χ4n) is 1.61. The van der Waals surface area contributed by atoms with Gasteiger partial charge in [0.05, 0.1) is 5.69 Å².